The molecule has 0 atom stereocenters. The zero-order valence-electron chi connectivity index (χ0n) is 10.4. The van der Waals surface area contributed by atoms with Crippen LogP contribution >= 0.6 is 11.6 Å². The van der Waals surface area contributed by atoms with Crippen molar-refractivity contribution >= 4 is 23.2 Å². The van der Waals surface area contributed by atoms with E-state index in [4.69, 9.17) is 16.9 Å². The van der Waals surface area contributed by atoms with Gasteiger partial charge in [-0.1, -0.05) is 17.7 Å². The molecule has 0 spiro atoms. The van der Waals surface area contributed by atoms with Gasteiger partial charge >= 0.3 is 0 Å². The molecule has 0 aliphatic rings. The van der Waals surface area contributed by atoms with Crippen molar-refractivity contribution in [2.45, 2.75) is 6.42 Å². The summed E-state index contributed by atoms with van der Waals surface area (Å²) < 4.78 is 13.5. The number of nitrogens with zero attached hydrogens (tertiary/aromatic N) is 1. The van der Waals surface area contributed by atoms with E-state index in [9.17, 15) is 9.18 Å². The molecule has 20 heavy (non-hydrogen) atoms. The van der Waals surface area contributed by atoms with E-state index in [1.54, 1.807) is 24.3 Å². The summed E-state index contributed by atoms with van der Waals surface area (Å²) in [5, 5.41) is 11.5. The number of rotatable bonds is 3. The second-order valence-corrected chi connectivity index (χ2v) is 4.52. The van der Waals surface area contributed by atoms with Crippen LogP contribution in [-0.4, -0.2) is 5.91 Å². The number of benzene rings is 2. The first-order valence-electron chi connectivity index (χ1n) is 5.83. The highest BCUT2D eigenvalue weighted by Gasteiger charge is 2.11. The highest BCUT2D eigenvalue weighted by atomic mass is 35.5. The predicted octanol–water partition coefficient (Wildman–Crippen LogP) is 3.53. The third-order valence-corrected chi connectivity index (χ3v) is 3.05. The number of nitriles is 1. The first-order chi connectivity index (χ1) is 9.60. The number of halogens is 2. The van der Waals surface area contributed by atoms with Gasteiger partial charge in [-0.05, 0) is 36.4 Å². The molecule has 0 heterocycles. The van der Waals surface area contributed by atoms with E-state index >= 15 is 0 Å². The largest absolute Gasteiger partial charge is 0.326 e. The normalized spacial score (nSPS) is 9.85. The maximum atomic E-state index is 13.5. The summed E-state index contributed by atoms with van der Waals surface area (Å²) >= 11 is 5.86. The molecule has 0 fully saturated rings. The van der Waals surface area contributed by atoms with Gasteiger partial charge in [0.2, 0.25) is 5.91 Å². The molecule has 3 nitrogen and oxygen atoms in total. The van der Waals surface area contributed by atoms with E-state index in [0.29, 0.717) is 11.3 Å². The van der Waals surface area contributed by atoms with Crippen LogP contribution in [0.5, 0.6) is 0 Å². The number of anilines is 1. The summed E-state index contributed by atoms with van der Waals surface area (Å²) in [5.74, 6) is -0.880. The second kappa shape index (κ2) is 6.18. The Hall–Kier alpha value is -2.38. The molecule has 0 bridgehead atoms. The van der Waals surface area contributed by atoms with Crippen molar-refractivity contribution < 1.29 is 9.18 Å². The molecule has 0 aromatic heterocycles. The van der Waals surface area contributed by atoms with Crippen LogP contribution in [0, 0.1) is 17.1 Å². The van der Waals surface area contributed by atoms with Crippen molar-refractivity contribution in [2.24, 2.45) is 0 Å². The minimum absolute atomic E-state index is 0.147. The van der Waals surface area contributed by atoms with Crippen molar-refractivity contribution in [3.05, 3.63) is 64.4 Å². The van der Waals surface area contributed by atoms with Crippen molar-refractivity contribution in [1.29, 1.82) is 5.26 Å². The van der Waals surface area contributed by atoms with Gasteiger partial charge in [-0.2, -0.15) is 5.26 Å². The molecule has 0 radical (unpaired) electrons. The maximum Gasteiger partial charge on any atom is 0.228 e. The molecule has 0 saturated heterocycles. The third-order valence-electron chi connectivity index (χ3n) is 2.70. The molecular formula is C15H10ClFN2O. The first kappa shape index (κ1) is 14.0. The fourth-order valence-electron chi connectivity index (χ4n) is 1.70. The van der Waals surface area contributed by atoms with Crippen LogP contribution in [0.2, 0.25) is 5.02 Å². The standard InChI is InChI=1S/C15H10ClFN2O/c16-13-2-1-3-14(17)12(13)8-15(20)19-11-6-4-10(9-18)5-7-11/h1-7H,8H2,(H,19,20). The Morgan fingerprint density at radius 3 is 2.55 bits per heavy atom. The number of carbonyl (C=O) groups is 1. The van der Waals surface area contributed by atoms with Gasteiger partial charge in [0.1, 0.15) is 5.82 Å². The van der Waals surface area contributed by atoms with Gasteiger partial charge in [-0.3, -0.25) is 4.79 Å². The average Bonchev–Trinajstić information content (AvgIpc) is 2.44. The number of nitrogens with one attached hydrogen (secondary N) is 1. The van der Waals surface area contributed by atoms with Gasteiger partial charge < -0.3 is 5.32 Å². The van der Waals surface area contributed by atoms with Gasteiger partial charge in [0.25, 0.3) is 0 Å². The van der Waals surface area contributed by atoms with Crippen LogP contribution in [0.1, 0.15) is 11.1 Å². The van der Waals surface area contributed by atoms with Crippen molar-refractivity contribution in [3.8, 4) is 6.07 Å². The van der Waals surface area contributed by atoms with E-state index in [2.05, 4.69) is 5.32 Å². The van der Waals surface area contributed by atoms with Crippen LogP contribution in [0.25, 0.3) is 0 Å². The summed E-state index contributed by atoms with van der Waals surface area (Å²) in [4.78, 5) is 11.8. The van der Waals surface area contributed by atoms with E-state index in [0.717, 1.165) is 0 Å². The quantitative estimate of drug-likeness (QED) is 0.939. The third kappa shape index (κ3) is 3.34. The number of hydrogen-bond donors (Lipinski definition) is 1. The lowest BCUT2D eigenvalue weighted by Crippen LogP contribution is -2.15. The Balaban J connectivity index is 2.07. The van der Waals surface area contributed by atoms with Crippen LogP contribution in [0.4, 0.5) is 10.1 Å². The molecule has 2 aromatic carbocycles. The van der Waals surface area contributed by atoms with Crippen LogP contribution in [0.3, 0.4) is 0 Å². The summed E-state index contributed by atoms with van der Waals surface area (Å²) in [6.07, 6.45) is -0.147. The summed E-state index contributed by atoms with van der Waals surface area (Å²) in [7, 11) is 0. The lowest BCUT2D eigenvalue weighted by atomic mass is 10.1. The molecule has 0 unspecified atom stereocenters. The zero-order valence-corrected chi connectivity index (χ0v) is 11.1. The van der Waals surface area contributed by atoms with Gasteiger partial charge in [0.05, 0.1) is 18.1 Å². The molecule has 0 saturated carbocycles. The Kier molecular flexibility index (Phi) is 4.34. The lowest BCUT2D eigenvalue weighted by Gasteiger charge is -2.07. The molecule has 2 aromatic rings. The van der Waals surface area contributed by atoms with E-state index in [1.807, 2.05) is 6.07 Å². The Labute approximate surface area is 120 Å². The van der Waals surface area contributed by atoms with Gasteiger partial charge in [0, 0.05) is 16.3 Å². The predicted molar refractivity (Wildman–Crippen MR) is 74.9 cm³/mol. The van der Waals surface area contributed by atoms with Crippen LogP contribution < -0.4 is 5.32 Å². The average molecular weight is 289 g/mol. The van der Waals surface area contributed by atoms with E-state index in [1.165, 1.54) is 18.2 Å². The summed E-state index contributed by atoms with van der Waals surface area (Å²) in [6, 6.07) is 12.7. The lowest BCUT2D eigenvalue weighted by molar-refractivity contribution is -0.115. The Bertz CT molecular complexity index is 657. The maximum absolute atomic E-state index is 13.5. The summed E-state index contributed by atoms with van der Waals surface area (Å²) in [6.45, 7) is 0. The number of amides is 1. The molecule has 1 N–H and O–H groups in total. The molecule has 1 amide bonds. The van der Waals surface area contributed by atoms with Gasteiger partial charge in [-0.15, -0.1) is 0 Å². The smallest absolute Gasteiger partial charge is 0.228 e. The molecule has 2 rings (SSSR count). The molecule has 0 aliphatic carbocycles. The molecule has 5 heteroatoms. The SMILES string of the molecule is N#Cc1ccc(NC(=O)Cc2c(F)cccc2Cl)cc1. The van der Waals surface area contributed by atoms with Crippen LogP contribution in [0.15, 0.2) is 42.5 Å². The Morgan fingerprint density at radius 1 is 1.25 bits per heavy atom. The molecule has 100 valence electrons. The topological polar surface area (TPSA) is 52.9 Å². The monoisotopic (exact) mass is 288 g/mol. The van der Waals surface area contributed by atoms with Gasteiger partial charge in [-0.25, -0.2) is 4.39 Å². The number of carbonyl (C=O) groups excluding carboxylic acids is 1. The van der Waals surface area contributed by atoms with Crippen molar-refractivity contribution in [1.82, 2.24) is 0 Å². The number of hydrogen-bond acceptors (Lipinski definition) is 2. The van der Waals surface area contributed by atoms with Crippen molar-refractivity contribution in [3.63, 3.8) is 0 Å². The second-order valence-electron chi connectivity index (χ2n) is 4.11. The zero-order chi connectivity index (χ0) is 14.5. The molecule has 0 aliphatic heterocycles. The highest BCUT2D eigenvalue weighted by Crippen LogP contribution is 2.20. The minimum Gasteiger partial charge on any atom is -0.326 e. The fraction of sp³-hybridized carbons (Fsp3) is 0.0667. The Morgan fingerprint density at radius 2 is 1.95 bits per heavy atom. The van der Waals surface area contributed by atoms with E-state index < -0.39 is 5.82 Å². The minimum atomic E-state index is -0.507. The molecular weight excluding hydrogens is 279 g/mol. The highest BCUT2D eigenvalue weighted by molar-refractivity contribution is 6.31. The van der Waals surface area contributed by atoms with Gasteiger partial charge in [0.15, 0.2) is 0 Å². The first-order valence-corrected chi connectivity index (χ1v) is 6.21. The fourth-order valence-corrected chi connectivity index (χ4v) is 1.92. The van der Waals surface area contributed by atoms with E-state index in [-0.39, 0.29) is 22.9 Å². The summed E-state index contributed by atoms with van der Waals surface area (Å²) in [5.41, 5.74) is 1.21. The van der Waals surface area contributed by atoms with Crippen LogP contribution in [-0.2, 0) is 11.2 Å². The van der Waals surface area contributed by atoms with Crippen molar-refractivity contribution in [2.75, 3.05) is 5.32 Å².